The third kappa shape index (κ3) is 26.5. The Bertz CT molecular complexity index is 2640. The van der Waals surface area contributed by atoms with Gasteiger partial charge >= 0.3 is 11.9 Å². The number of carbonyl (C=O) groups excluding carboxylic acids is 2. The van der Waals surface area contributed by atoms with Crippen LogP contribution in [0.2, 0.25) is 0 Å². The van der Waals surface area contributed by atoms with E-state index in [4.69, 9.17) is 28.4 Å². The van der Waals surface area contributed by atoms with Gasteiger partial charge in [-0.05, 0) is 137 Å². The van der Waals surface area contributed by atoms with Crippen LogP contribution in [0.15, 0.2) is 154 Å². The van der Waals surface area contributed by atoms with E-state index in [9.17, 15) is 9.59 Å². The van der Waals surface area contributed by atoms with E-state index < -0.39 is 11.9 Å². The fourth-order valence-corrected chi connectivity index (χ4v) is 9.50. The molecule has 0 aliphatic heterocycles. The first kappa shape index (κ1) is 65.8. The molecule has 0 spiro atoms. The Morgan fingerprint density at radius 1 is 0.310 bits per heavy atom. The van der Waals surface area contributed by atoms with E-state index in [-0.39, 0.29) is 0 Å². The monoisotopic (exact) mass is 1140 g/mol. The minimum Gasteiger partial charge on any atom is -0.494 e. The Morgan fingerprint density at radius 2 is 0.595 bits per heavy atom. The maximum Gasteiger partial charge on any atom is 0.343 e. The highest BCUT2D eigenvalue weighted by Gasteiger charge is 2.15. The average molecular weight is 1140 g/mol. The van der Waals surface area contributed by atoms with Crippen LogP contribution in [0.1, 0.15) is 213 Å². The van der Waals surface area contributed by atoms with E-state index in [1.54, 1.807) is 60.7 Å². The number of rotatable bonds is 43. The molecule has 0 aliphatic rings. The van der Waals surface area contributed by atoms with Crippen molar-refractivity contribution in [2.24, 2.45) is 20.5 Å². The summed E-state index contributed by atoms with van der Waals surface area (Å²) < 4.78 is 36.3. The number of aryl methyl sites for hydroxylation is 2. The van der Waals surface area contributed by atoms with Crippen molar-refractivity contribution in [2.75, 3.05) is 26.4 Å². The number of nitrogens with zero attached hydrogens (tertiary/aromatic N) is 4. The molecule has 12 nitrogen and oxygen atoms in total. The van der Waals surface area contributed by atoms with Crippen molar-refractivity contribution in [1.29, 1.82) is 0 Å². The van der Waals surface area contributed by atoms with Gasteiger partial charge in [0.15, 0.2) is 11.5 Å². The molecule has 0 heterocycles. The van der Waals surface area contributed by atoms with Crippen molar-refractivity contribution in [3.8, 4) is 34.5 Å². The maximum atomic E-state index is 13.4. The van der Waals surface area contributed by atoms with Crippen molar-refractivity contribution in [2.45, 2.75) is 195 Å². The van der Waals surface area contributed by atoms with Gasteiger partial charge in [-0.1, -0.05) is 190 Å². The van der Waals surface area contributed by atoms with Gasteiger partial charge in [-0.2, -0.15) is 10.2 Å². The molecule has 0 saturated heterocycles. The van der Waals surface area contributed by atoms with Gasteiger partial charge in [0.1, 0.15) is 34.4 Å². The van der Waals surface area contributed by atoms with Crippen LogP contribution in [0, 0.1) is 13.8 Å². The largest absolute Gasteiger partial charge is 0.494 e. The summed E-state index contributed by atoms with van der Waals surface area (Å²) in [7, 11) is 0. The average Bonchev–Trinajstić information content (AvgIpc) is 3.71. The van der Waals surface area contributed by atoms with Gasteiger partial charge in [0.25, 0.3) is 0 Å². The Kier molecular flexibility index (Phi) is 31.4. The van der Waals surface area contributed by atoms with Crippen molar-refractivity contribution in [1.82, 2.24) is 0 Å². The standard InChI is InChI=1S/C72H94N4O8/c1-5-7-9-11-13-15-17-19-21-23-25-27-51-79-63-43-35-59(36-44-63)71(77)83-65-47-49-67(75-73-61-39-31-57(3)32-40-61)69(55-65)81-53-29-30-54-82-70-56-66(48-50-68(70)76-74-62-41-33-58(4)34-42-62)84-72(78)60-37-45-64(46-38-60)80-52-28-26-24-22-20-18-16-14-12-10-8-6-2/h31-50,55-56H,5-30,51-54H2,1-4H3. The molecule has 84 heavy (non-hydrogen) atoms. The van der Waals surface area contributed by atoms with Crippen molar-refractivity contribution in [3.63, 3.8) is 0 Å². The molecule has 0 unspecified atom stereocenters. The van der Waals surface area contributed by atoms with E-state index in [0.717, 1.165) is 48.3 Å². The number of esters is 2. The van der Waals surface area contributed by atoms with Crippen LogP contribution >= 0.6 is 0 Å². The lowest BCUT2D eigenvalue weighted by molar-refractivity contribution is 0.0724. The summed E-state index contributed by atoms with van der Waals surface area (Å²) in [5.74, 6) is 1.86. The van der Waals surface area contributed by atoms with Gasteiger partial charge in [0.05, 0.1) is 48.9 Å². The van der Waals surface area contributed by atoms with Gasteiger partial charge in [-0.3, -0.25) is 0 Å². The van der Waals surface area contributed by atoms with E-state index in [2.05, 4.69) is 34.3 Å². The second kappa shape index (κ2) is 40.0. The number of hydrogen-bond acceptors (Lipinski definition) is 12. The summed E-state index contributed by atoms with van der Waals surface area (Å²) in [6.07, 6.45) is 32.2. The predicted molar refractivity (Wildman–Crippen MR) is 340 cm³/mol. The number of azo groups is 2. The van der Waals surface area contributed by atoms with Gasteiger partial charge < -0.3 is 28.4 Å². The summed E-state index contributed by atoms with van der Waals surface area (Å²) in [4.78, 5) is 26.8. The van der Waals surface area contributed by atoms with Gasteiger partial charge in [0.2, 0.25) is 0 Å². The zero-order chi connectivity index (χ0) is 59.1. The van der Waals surface area contributed by atoms with Gasteiger partial charge in [0, 0.05) is 12.1 Å². The zero-order valence-electron chi connectivity index (χ0n) is 51.0. The summed E-state index contributed by atoms with van der Waals surface area (Å²) in [5, 5.41) is 17.9. The Morgan fingerprint density at radius 3 is 0.929 bits per heavy atom. The summed E-state index contributed by atoms with van der Waals surface area (Å²) >= 11 is 0. The molecular weight excluding hydrogens is 1050 g/mol. The third-order valence-electron chi connectivity index (χ3n) is 14.7. The lowest BCUT2D eigenvalue weighted by Gasteiger charge is -2.13. The molecule has 0 amide bonds. The quantitative estimate of drug-likeness (QED) is 0.0160. The molecule has 12 heteroatoms. The lowest BCUT2D eigenvalue weighted by Crippen LogP contribution is -2.09. The lowest BCUT2D eigenvalue weighted by atomic mass is 10.1. The number of carbonyl (C=O) groups is 2. The second-order valence-corrected chi connectivity index (χ2v) is 22.0. The molecule has 0 aromatic heterocycles. The van der Waals surface area contributed by atoms with E-state index in [1.807, 2.05) is 86.6 Å². The molecule has 0 N–H and O–H groups in total. The van der Waals surface area contributed by atoms with Crippen LogP contribution in [-0.2, 0) is 0 Å². The third-order valence-corrected chi connectivity index (χ3v) is 14.7. The van der Waals surface area contributed by atoms with Gasteiger partial charge in [-0.15, -0.1) is 10.2 Å². The normalized spacial score (nSPS) is 11.3. The molecule has 6 rings (SSSR count). The molecule has 6 aromatic rings. The smallest absolute Gasteiger partial charge is 0.343 e. The first-order valence-corrected chi connectivity index (χ1v) is 31.7. The first-order valence-electron chi connectivity index (χ1n) is 31.7. The molecule has 0 radical (unpaired) electrons. The molecular formula is C72H94N4O8. The highest BCUT2D eigenvalue weighted by molar-refractivity contribution is 5.92. The van der Waals surface area contributed by atoms with Crippen LogP contribution in [0.4, 0.5) is 22.7 Å². The Hall–Kier alpha value is -7.34. The molecule has 0 saturated carbocycles. The van der Waals surface area contributed by atoms with Crippen molar-refractivity contribution in [3.05, 3.63) is 156 Å². The van der Waals surface area contributed by atoms with Crippen LogP contribution < -0.4 is 28.4 Å². The van der Waals surface area contributed by atoms with Crippen LogP contribution in [0.3, 0.4) is 0 Å². The Labute approximate surface area is 502 Å². The van der Waals surface area contributed by atoms with Crippen LogP contribution in [0.25, 0.3) is 0 Å². The zero-order valence-corrected chi connectivity index (χ0v) is 51.0. The molecule has 0 bridgehead atoms. The van der Waals surface area contributed by atoms with E-state index in [0.29, 0.717) is 96.1 Å². The van der Waals surface area contributed by atoms with Crippen molar-refractivity contribution >= 4 is 34.7 Å². The number of hydrogen-bond donors (Lipinski definition) is 0. The summed E-state index contributed by atoms with van der Waals surface area (Å²) in [5.41, 5.74) is 5.37. The highest BCUT2D eigenvalue weighted by Crippen LogP contribution is 2.36. The molecule has 0 fully saturated rings. The highest BCUT2D eigenvalue weighted by atomic mass is 16.5. The van der Waals surface area contributed by atoms with Crippen LogP contribution in [0.5, 0.6) is 34.5 Å². The minimum atomic E-state index is -0.504. The van der Waals surface area contributed by atoms with E-state index in [1.165, 1.54) is 128 Å². The number of ether oxygens (including phenoxy) is 6. The molecule has 0 atom stereocenters. The molecule has 6 aromatic carbocycles. The molecule has 0 aliphatic carbocycles. The summed E-state index contributed by atoms with van der Waals surface area (Å²) in [6.45, 7) is 10.5. The van der Waals surface area contributed by atoms with E-state index >= 15 is 0 Å². The van der Waals surface area contributed by atoms with Crippen LogP contribution in [-0.4, -0.2) is 38.4 Å². The Balaban J connectivity index is 0.977. The topological polar surface area (TPSA) is 139 Å². The van der Waals surface area contributed by atoms with Gasteiger partial charge in [-0.25, -0.2) is 9.59 Å². The fraction of sp³-hybridized carbons (Fsp3) is 0.472. The summed E-state index contributed by atoms with van der Waals surface area (Å²) in [6, 6.07) is 39.7. The molecule has 450 valence electrons. The maximum absolute atomic E-state index is 13.4. The minimum absolute atomic E-state index is 0.301. The number of benzene rings is 6. The first-order chi connectivity index (χ1) is 41.3. The fourth-order valence-electron chi connectivity index (χ4n) is 9.50. The second-order valence-electron chi connectivity index (χ2n) is 22.0. The predicted octanol–water partition coefficient (Wildman–Crippen LogP) is 22.0. The number of unbranched alkanes of at least 4 members (excludes halogenated alkanes) is 23. The SMILES string of the molecule is CCCCCCCCCCCCCCOc1ccc(C(=O)Oc2ccc(N=Nc3ccc(C)cc3)c(OCCCCOc3cc(OC(=O)c4ccc(OCCCCCCCCCCCCCC)cc4)ccc3N=Nc3ccc(C)cc3)c2)cc1. The van der Waals surface area contributed by atoms with Crippen molar-refractivity contribution < 1.29 is 38.0 Å².